The Morgan fingerprint density at radius 2 is 0.537 bits per heavy atom. The number of rotatable bonds is 10. The summed E-state index contributed by atoms with van der Waals surface area (Å²) >= 11 is 0. The van der Waals surface area contributed by atoms with Crippen LogP contribution in [0.15, 0.2) is 529 Å². The first-order valence-corrected chi connectivity index (χ1v) is 45.8. The third kappa shape index (κ3) is 15.9. The Balaban J connectivity index is 0.0000000985. The monoisotopic (exact) mass is 1740 g/mol. The number of para-hydroxylation sites is 8. The maximum atomic E-state index is 4.74. The van der Waals surface area contributed by atoms with Crippen molar-refractivity contribution in [3.63, 3.8) is 0 Å². The minimum Gasteiger partial charge on any atom is -0.361 e. The van der Waals surface area contributed by atoms with E-state index in [1.54, 1.807) is 12.4 Å². The van der Waals surface area contributed by atoms with Gasteiger partial charge in [0.1, 0.15) is 5.82 Å². The van der Waals surface area contributed by atoms with E-state index in [1.807, 2.05) is 122 Å². The quantitative estimate of drug-likeness (QED) is 0.147. The SMILES string of the molecule is c1ccc(-c2ccc(-n3ccc4cc5c(cc43)c3ccccc3n5-c3ccccc3)cn2)cc1.c1ccc(-c2ccnc(-n3ccc4cc5c(cc43)c3ccccc3n5-c3ccccc3)c2)cc1.c1ccc(-n2c3ccccc3c3cc4[nH]ccc4cc32)cc1.c1ccc(-n2c3ccccc3c3cc4c(ccn4-c4ccc(-c5ccccn5)cc4)cc32)cc1.c1ccccc1.c1ccncc1. The molecule has 136 heavy (non-hydrogen) atoms. The zero-order valence-corrected chi connectivity index (χ0v) is 74.1. The number of aromatic nitrogens is 12. The number of hydrogen-bond acceptors (Lipinski definition) is 4. The number of nitrogens with one attached hydrogen (secondary N) is 1. The van der Waals surface area contributed by atoms with E-state index in [1.165, 1.54) is 154 Å². The fourth-order valence-electron chi connectivity index (χ4n) is 19.1. The molecule has 12 aromatic heterocycles. The predicted octanol–water partition coefficient (Wildman–Crippen LogP) is 31.4. The summed E-state index contributed by atoms with van der Waals surface area (Å²) in [5.74, 6) is 0.919. The second kappa shape index (κ2) is 36.8. The Morgan fingerprint density at radius 1 is 0.184 bits per heavy atom. The Labute approximate surface area is 785 Å². The fraction of sp³-hybridized carbons (Fsp3) is 0. The van der Waals surface area contributed by atoms with Crippen molar-refractivity contribution in [1.82, 2.24) is 56.9 Å². The second-order valence-corrected chi connectivity index (χ2v) is 33.5. The molecule has 0 atom stereocenters. The van der Waals surface area contributed by atoms with Crippen LogP contribution >= 0.6 is 0 Å². The number of fused-ring (bicyclic) bond motifs is 16. The Kier molecular flexibility index (Phi) is 22.2. The number of benzene rings is 16. The van der Waals surface area contributed by atoms with Crippen molar-refractivity contribution < 1.29 is 0 Å². The van der Waals surface area contributed by atoms with Crippen molar-refractivity contribution in [3.8, 4) is 73.6 Å². The molecule has 0 amide bonds. The van der Waals surface area contributed by atoms with E-state index < -0.39 is 0 Å². The lowest BCUT2D eigenvalue weighted by Crippen LogP contribution is -1.96. The topological polar surface area (TPSA) is 102 Å². The number of nitrogens with zero attached hydrogens (tertiary/aromatic N) is 11. The molecule has 0 bridgehead atoms. The lowest BCUT2D eigenvalue weighted by molar-refractivity contribution is 1.05. The second-order valence-electron chi connectivity index (χ2n) is 33.5. The zero-order chi connectivity index (χ0) is 90.5. The molecule has 16 aromatic carbocycles. The van der Waals surface area contributed by atoms with Crippen LogP contribution < -0.4 is 0 Å². The molecule has 12 nitrogen and oxygen atoms in total. The highest BCUT2D eigenvalue weighted by Gasteiger charge is 2.21. The molecule has 28 aromatic rings. The summed E-state index contributed by atoms with van der Waals surface area (Å²) in [6.45, 7) is 0. The van der Waals surface area contributed by atoms with E-state index >= 15 is 0 Å². The van der Waals surface area contributed by atoms with Crippen LogP contribution in [0.5, 0.6) is 0 Å². The number of H-pyrrole nitrogens is 1. The van der Waals surface area contributed by atoms with Gasteiger partial charge < -0.3 is 37.0 Å². The van der Waals surface area contributed by atoms with E-state index in [0.717, 1.165) is 50.8 Å². The highest BCUT2D eigenvalue weighted by molar-refractivity contribution is 6.17. The lowest BCUT2D eigenvalue weighted by atomic mass is 10.1. The first-order valence-electron chi connectivity index (χ1n) is 45.8. The Bertz CT molecular complexity index is 8680. The fourth-order valence-corrected chi connectivity index (χ4v) is 19.1. The van der Waals surface area contributed by atoms with Crippen LogP contribution in [0, 0.1) is 0 Å². The van der Waals surface area contributed by atoms with Gasteiger partial charge >= 0.3 is 0 Å². The maximum Gasteiger partial charge on any atom is 0.137 e. The van der Waals surface area contributed by atoms with Gasteiger partial charge in [0, 0.05) is 159 Å². The number of hydrogen-bond donors (Lipinski definition) is 1. The van der Waals surface area contributed by atoms with E-state index in [2.05, 4.69) is 442 Å². The molecule has 28 rings (SSSR count). The first kappa shape index (κ1) is 81.9. The molecule has 0 saturated carbocycles. The summed E-state index contributed by atoms with van der Waals surface area (Å²) in [5, 5.41) is 15.0. The summed E-state index contributed by atoms with van der Waals surface area (Å²) in [4.78, 5) is 21.0. The van der Waals surface area contributed by atoms with Crippen LogP contribution in [0.3, 0.4) is 0 Å². The number of aromatic amines is 1. The normalized spacial score (nSPS) is 11.2. The van der Waals surface area contributed by atoms with Gasteiger partial charge in [-0.1, -0.05) is 267 Å². The molecule has 1 N–H and O–H groups in total. The third-order valence-corrected chi connectivity index (χ3v) is 25.4. The van der Waals surface area contributed by atoms with E-state index in [4.69, 9.17) is 9.97 Å². The van der Waals surface area contributed by atoms with Gasteiger partial charge in [0.15, 0.2) is 0 Å². The van der Waals surface area contributed by atoms with Gasteiger partial charge in [-0.05, 0) is 217 Å². The summed E-state index contributed by atoms with van der Waals surface area (Å²) in [5.41, 5.74) is 28.0. The average molecular weight is 1750 g/mol. The van der Waals surface area contributed by atoms with Gasteiger partial charge in [-0.25, -0.2) is 4.98 Å². The van der Waals surface area contributed by atoms with Crippen LogP contribution in [-0.4, -0.2) is 56.9 Å². The lowest BCUT2D eigenvalue weighted by Gasteiger charge is -2.09. The Morgan fingerprint density at radius 3 is 0.956 bits per heavy atom. The molecule has 0 aliphatic heterocycles. The highest BCUT2D eigenvalue weighted by Crippen LogP contribution is 2.42. The van der Waals surface area contributed by atoms with Crippen molar-refractivity contribution in [2.45, 2.75) is 0 Å². The summed E-state index contributed by atoms with van der Waals surface area (Å²) in [6.07, 6.45) is 17.6. The Hall–Kier alpha value is -18.5. The van der Waals surface area contributed by atoms with Crippen molar-refractivity contribution in [2.24, 2.45) is 0 Å². The molecule has 0 radical (unpaired) electrons. The largest absolute Gasteiger partial charge is 0.361 e. The molecule has 0 fully saturated rings. The van der Waals surface area contributed by atoms with Crippen molar-refractivity contribution in [2.75, 3.05) is 0 Å². The van der Waals surface area contributed by atoms with Gasteiger partial charge in [0.2, 0.25) is 0 Å². The molecular weight excluding hydrogens is 1660 g/mol. The first-order chi connectivity index (χ1) is 67.5. The molecular formula is C124H88N12. The van der Waals surface area contributed by atoms with Crippen molar-refractivity contribution in [3.05, 3.63) is 529 Å². The van der Waals surface area contributed by atoms with Crippen LogP contribution in [0.2, 0.25) is 0 Å². The van der Waals surface area contributed by atoms with Crippen molar-refractivity contribution in [1.29, 1.82) is 0 Å². The van der Waals surface area contributed by atoms with Gasteiger partial charge in [-0.3, -0.25) is 15.0 Å². The van der Waals surface area contributed by atoms with Gasteiger partial charge in [-0.15, -0.1) is 0 Å². The zero-order valence-electron chi connectivity index (χ0n) is 74.1. The standard InChI is InChI=1S/3C31H21N3.C20H14N2.C6H6.C5H5N/c1-3-9-22(10-4-1)23-15-17-32-31(20-23)33-18-16-24-19-30-27(21-29(24)33)26-13-7-8-14-28(26)34(30)25-11-5-2-6-12-25;1-3-9-22(10-4-1)28-16-15-25(21-32-28)33-18-17-23-19-31-27(20-30(23)33)26-13-7-8-14-29(26)34(31)24-11-5-2-6-12-24;1-2-8-25(9-3-1)34-29-12-5-4-10-26(29)27-21-30-23(20-31(27)34)17-19-33(30)24-15-13-22(14-16-24)28-11-6-7-18-32-28;1-2-6-15(7-3-1)22-19-9-5-4-8-16(19)17-13-18-14(10-11-21-18)12-20(17)22;2*1-2-4-6-5-3-1/h3*1-21H;1-13,21H;1-6H;1-5H. The molecule has 0 spiro atoms. The van der Waals surface area contributed by atoms with Gasteiger partial charge in [-0.2, -0.15) is 0 Å². The minimum absolute atomic E-state index is 0.919. The summed E-state index contributed by atoms with van der Waals surface area (Å²) in [6, 6.07) is 166. The molecule has 0 saturated heterocycles. The van der Waals surface area contributed by atoms with Crippen molar-refractivity contribution >= 4 is 131 Å². The molecule has 0 unspecified atom stereocenters. The van der Waals surface area contributed by atoms with Crippen LogP contribution in [0.4, 0.5) is 0 Å². The molecule has 644 valence electrons. The summed E-state index contributed by atoms with van der Waals surface area (Å²) < 4.78 is 16.1. The van der Waals surface area contributed by atoms with E-state index in [0.29, 0.717) is 0 Å². The molecule has 0 aliphatic rings. The van der Waals surface area contributed by atoms with Gasteiger partial charge in [0.05, 0.1) is 84.0 Å². The summed E-state index contributed by atoms with van der Waals surface area (Å²) in [7, 11) is 0. The highest BCUT2D eigenvalue weighted by atomic mass is 15.1. The smallest absolute Gasteiger partial charge is 0.137 e. The van der Waals surface area contributed by atoms with Crippen LogP contribution in [-0.2, 0) is 0 Å². The molecule has 12 heteroatoms. The van der Waals surface area contributed by atoms with Gasteiger partial charge in [0.25, 0.3) is 0 Å². The van der Waals surface area contributed by atoms with Crippen LogP contribution in [0.1, 0.15) is 0 Å². The van der Waals surface area contributed by atoms with E-state index in [-0.39, 0.29) is 0 Å². The molecule has 0 aliphatic carbocycles. The number of pyridine rings is 4. The maximum absolute atomic E-state index is 4.74. The average Bonchev–Trinajstić information content (AvgIpc) is 1.59. The molecule has 12 heterocycles. The van der Waals surface area contributed by atoms with Crippen LogP contribution in [0.25, 0.3) is 204 Å². The minimum atomic E-state index is 0.919. The van der Waals surface area contributed by atoms with E-state index in [9.17, 15) is 0 Å². The third-order valence-electron chi connectivity index (χ3n) is 25.4. The predicted molar refractivity (Wildman–Crippen MR) is 566 cm³/mol.